The minimum Gasteiger partial charge on any atom is -0.507 e. The van der Waals surface area contributed by atoms with Gasteiger partial charge in [-0.3, -0.25) is 5.10 Å². The van der Waals surface area contributed by atoms with E-state index in [1.807, 2.05) is 0 Å². The first-order chi connectivity index (χ1) is 8.49. The van der Waals surface area contributed by atoms with E-state index in [0.29, 0.717) is 0 Å². The highest BCUT2D eigenvalue weighted by molar-refractivity contribution is 5.87. The Morgan fingerprint density at radius 2 is 2.06 bits per heavy atom. The Hall–Kier alpha value is -2.44. The van der Waals surface area contributed by atoms with Crippen LogP contribution in [-0.2, 0) is 0 Å². The second kappa shape index (κ2) is 4.44. The maximum Gasteiger partial charge on any atom is 0.353 e. The molecule has 0 aliphatic heterocycles. The van der Waals surface area contributed by atoms with Gasteiger partial charge < -0.3 is 10.2 Å². The van der Waals surface area contributed by atoms with Crippen LogP contribution < -0.4 is 0 Å². The van der Waals surface area contributed by atoms with E-state index < -0.39 is 12.4 Å². The largest absolute Gasteiger partial charge is 0.507 e. The van der Waals surface area contributed by atoms with Crippen molar-refractivity contribution >= 4 is 5.97 Å². The Morgan fingerprint density at radius 1 is 1.33 bits per heavy atom. The fourth-order valence-corrected chi connectivity index (χ4v) is 1.46. The molecule has 18 heavy (non-hydrogen) atoms. The van der Waals surface area contributed by atoms with Gasteiger partial charge in [-0.25, -0.2) is 13.6 Å². The van der Waals surface area contributed by atoms with Gasteiger partial charge in [-0.1, -0.05) is 0 Å². The minimum atomic E-state index is -2.68. The molecule has 0 aliphatic carbocycles. The molecule has 1 heterocycles. The fraction of sp³-hybridized carbons (Fsp3) is 0.0909. The minimum absolute atomic E-state index is 0.0524. The van der Waals surface area contributed by atoms with Crippen LogP contribution in [-0.4, -0.2) is 26.4 Å². The van der Waals surface area contributed by atoms with Crippen LogP contribution in [0.15, 0.2) is 24.3 Å². The smallest absolute Gasteiger partial charge is 0.353 e. The second-order valence-electron chi connectivity index (χ2n) is 3.55. The number of aromatic nitrogens is 2. The number of carboxylic acid groups (broad SMARTS) is 1. The SMILES string of the molecule is O=C(O)c1cc(-c2cc(C(F)F)ccc2O)n[nH]1. The maximum atomic E-state index is 12.5. The third-order valence-electron chi connectivity index (χ3n) is 2.36. The van der Waals surface area contributed by atoms with Gasteiger partial charge in [-0.15, -0.1) is 0 Å². The zero-order valence-corrected chi connectivity index (χ0v) is 8.89. The lowest BCUT2D eigenvalue weighted by molar-refractivity contribution is 0.0690. The standard InChI is InChI=1S/C11H8F2N2O3/c12-10(13)5-1-2-9(16)6(3-5)7-4-8(11(17)18)15-14-7/h1-4,10,16H,(H,14,15)(H,17,18). The van der Waals surface area contributed by atoms with E-state index in [-0.39, 0.29) is 28.3 Å². The zero-order valence-electron chi connectivity index (χ0n) is 8.89. The number of hydrogen-bond donors (Lipinski definition) is 3. The summed E-state index contributed by atoms with van der Waals surface area (Å²) in [5.74, 6) is -1.47. The van der Waals surface area contributed by atoms with Crippen LogP contribution in [0.1, 0.15) is 22.5 Å². The molecule has 0 bridgehead atoms. The quantitative estimate of drug-likeness (QED) is 0.785. The molecule has 7 heteroatoms. The van der Waals surface area contributed by atoms with Crippen LogP contribution >= 0.6 is 0 Å². The van der Waals surface area contributed by atoms with Crippen molar-refractivity contribution in [1.29, 1.82) is 0 Å². The van der Waals surface area contributed by atoms with Crippen LogP contribution in [0.4, 0.5) is 8.78 Å². The van der Waals surface area contributed by atoms with Crippen molar-refractivity contribution in [2.75, 3.05) is 0 Å². The molecule has 5 nitrogen and oxygen atoms in total. The lowest BCUT2D eigenvalue weighted by Crippen LogP contribution is -1.95. The normalized spacial score (nSPS) is 10.8. The number of hydrogen-bond acceptors (Lipinski definition) is 3. The number of rotatable bonds is 3. The Morgan fingerprint density at radius 3 is 2.61 bits per heavy atom. The first-order valence-electron chi connectivity index (χ1n) is 4.89. The molecule has 2 aromatic rings. The van der Waals surface area contributed by atoms with Crippen molar-refractivity contribution in [3.8, 4) is 17.0 Å². The van der Waals surface area contributed by atoms with Crippen LogP contribution in [0.2, 0.25) is 0 Å². The summed E-state index contributed by atoms with van der Waals surface area (Å²) in [5, 5.41) is 24.2. The van der Waals surface area contributed by atoms with E-state index in [9.17, 15) is 18.7 Å². The third-order valence-corrected chi connectivity index (χ3v) is 2.36. The van der Waals surface area contributed by atoms with Gasteiger partial charge in [0.1, 0.15) is 11.4 Å². The molecule has 2 rings (SSSR count). The number of alkyl halides is 2. The van der Waals surface area contributed by atoms with Crippen molar-refractivity contribution in [3.05, 3.63) is 35.5 Å². The monoisotopic (exact) mass is 254 g/mol. The highest BCUT2D eigenvalue weighted by Crippen LogP contribution is 2.32. The van der Waals surface area contributed by atoms with Crippen molar-refractivity contribution < 1.29 is 23.8 Å². The number of carbonyl (C=O) groups is 1. The van der Waals surface area contributed by atoms with Crippen LogP contribution in [0.25, 0.3) is 11.3 Å². The van der Waals surface area contributed by atoms with Crippen LogP contribution in [0, 0.1) is 0 Å². The molecule has 0 saturated carbocycles. The van der Waals surface area contributed by atoms with Crippen LogP contribution in [0.3, 0.4) is 0 Å². The first kappa shape index (κ1) is 12.0. The number of carboxylic acids is 1. The summed E-state index contributed by atoms with van der Waals surface area (Å²) < 4.78 is 25.0. The van der Waals surface area contributed by atoms with Crippen molar-refractivity contribution in [3.63, 3.8) is 0 Å². The highest BCUT2D eigenvalue weighted by atomic mass is 19.3. The lowest BCUT2D eigenvalue weighted by Gasteiger charge is -2.04. The highest BCUT2D eigenvalue weighted by Gasteiger charge is 2.15. The van der Waals surface area contributed by atoms with Crippen molar-refractivity contribution in [2.24, 2.45) is 0 Å². The molecule has 1 aromatic heterocycles. The molecule has 0 aliphatic rings. The molecule has 94 valence electrons. The van der Waals surface area contributed by atoms with E-state index in [1.54, 1.807) is 0 Å². The van der Waals surface area contributed by atoms with Crippen molar-refractivity contribution in [1.82, 2.24) is 10.2 Å². The summed E-state index contributed by atoms with van der Waals surface area (Å²) >= 11 is 0. The summed E-state index contributed by atoms with van der Waals surface area (Å²) in [5.41, 5.74) is -0.321. The molecule has 1 aromatic carbocycles. The van der Waals surface area contributed by atoms with E-state index in [0.717, 1.165) is 24.3 Å². The van der Waals surface area contributed by atoms with Gasteiger partial charge in [0, 0.05) is 11.1 Å². The Balaban J connectivity index is 2.48. The summed E-state index contributed by atoms with van der Waals surface area (Å²) in [7, 11) is 0. The molecule has 0 radical (unpaired) electrons. The molecule has 0 amide bonds. The summed E-state index contributed by atoms with van der Waals surface area (Å²) in [6.07, 6.45) is -2.68. The van der Waals surface area contributed by atoms with Gasteiger partial charge >= 0.3 is 5.97 Å². The predicted molar refractivity (Wildman–Crippen MR) is 57.6 cm³/mol. The number of phenols is 1. The third kappa shape index (κ3) is 2.15. The number of phenolic OH excluding ortho intramolecular Hbond substituents is 1. The van der Waals surface area contributed by atoms with E-state index in [2.05, 4.69) is 10.2 Å². The Kier molecular flexibility index (Phi) is 2.97. The molecule has 3 N–H and O–H groups in total. The van der Waals surface area contributed by atoms with Gasteiger partial charge in [-0.2, -0.15) is 5.10 Å². The lowest BCUT2D eigenvalue weighted by atomic mass is 10.1. The molecule has 0 saturated heterocycles. The molecule has 0 spiro atoms. The fourth-order valence-electron chi connectivity index (χ4n) is 1.46. The molecular weight excluding hydrogens is 246 g/mol. The van der Waals surface area contributed by atoms with Gasteiger partial charge in [0.2, 0.25) is 0 Å². The molecule has 0 atom stereocenters. The second-order valence-corrected chi connectivity index (χ2v) is 3.55. The van der Waals surface area contributed by atoms with Gasteiger partial charge in [0.05, 0.1) is 5.69 Å². The molecular formula is C11H8F2N2O3. The van der Waals surface area contributed by atoms with Crippen LogP contribution in [0.5, 0.6) is 5.75 Å². The average molecular weight is 254 g/mol. The number of aromatic carboxylic acids is 1. The number of H-pyrrole nitrogens is 1. The number of aromatic hydroxyl groups is 1. The topological polar surface area (TPSA) is 86.2 Å². The maximum absolute atomic E-state index is 12.5. The van der Waals surface area contributed by atoms with Crippen molar-refractivity contribution in [2.45, 2.75) is 6.43 Å². The van der Waals surface area contributed by atoms with E-state index >= 15 is 0 Å². The Bertz CT molecular complexity index is 596. The summed E-state index contributed by atoms with van der Waals surface area (Å²) in [4.78, 5) is 10.7. The predicted octanol–water partition coefficient (Wildman–Crippen LogP) is 2.42. The summed E-state index contributed by atoms with van der Waals surface area (Å²) in [6.45, 7) is 0. The average Bonchev–Trinajstić information content (AvgIpc) is 2.78. The first-order valence-corrected chi connectivity index (χ1v) is 4.89. The Labute approximate surface area is 99.7 Å². The molecule has 0 unspecified atom stereocenters. The summed E-state index contributed by atoms with van der Waals surface area (Å²) in [6, 6.07) is 4.44. The van der Waals surface area contributed by atoms with E-state index in [4.69, 9.17) is 5.11 Å². The number of benzene rings is 1. The van der Waals surface area contributed by atoms with Gasteiger partial charge in [0.15, 0.2) is 0 Å². The van der Waals surface area contributed by atoms with Gasteiger partial charge in [-0.05, 0) is 24.3 Å². The number of halogens is 2. The molecule has 0 fully saturated rings. The number of nitrogens with zero attached hydrogens (tertiary/aromatic N) is 1. The zero-order chi connectivity index (χ0) is 13.3. The number of aromatic amines is 1. The number of nitrogens with one attached hydrogen (secondary N) is 1. The van der Waals surface area contributed by atoms with Gasteiger partial charge in [0.25, 0.3) is 6.43 Å². The van der Waals surface area contributed by atoms with E-state index in [1.165, 1.54) is 0 Å².